The van der Waals surface area contributed by atoms with Gasteiger partial charge in [-0.25, -0.2) is 4.79 Å². The fourth-order valence-corrected chi connectivity index (χ4v) is 1.30. The third-order valence-electron chi connectivity index (χ3n) is 1.91. The van der Waals surface area contributed by atoms with Crippen molar-refractivity contribution >= 4 is 11.9 Å². The lowest BCUT2D eigenvalue weighted by Gasteiger charge is -2.06. The Kier molecular flexibility index (Phi) is 3.44. The van der Waals surface area contributed by atoms with Gasteiger partial charge in [0.15, 0.2) is 0 Å². The Morgan fingerprint density at radius 3 is 2.62 bits per heavy atom. The molecule has 0 aromatic carbocycles. The Balaban J connectivity index is 3.41. The van der Waals surface area contributed by atoms with Gasteiger partial charge in [0.25, 0.3) is 11.5 Å². The van der Waals surface area contributed by atoms with Gasteiger partial charge >= 0.3 is 5.97 Å². The number of carbonyl (C=O) groups is 2. The van der Waals surface area contributed by atoms with Crippen LogP contribution in [0.1, 0.15) is 33.3 Å². The summed E-state index contributed by atoms with van der Waals surface area (Å²) in [6, 6.07) is 1.36. The van der Waals surface area contributed by atoms with Gasteiger partial charge in [0.2, 0.25) is 0 Å². The third kappa shape index (κ3) is 2.28. The van der Waals surface area contributed by atoms with Crippen LogP contribution < -0.4 is 11.3 Å². The molecule has 1 amide bonds. The number of nitrogens with two attached hydrogens (primary N) is 1. The first-order valence-electron chi connectivity index (χ1n) is 4.68. The van der Waals surface area contributed by atoms with E-state index in [4.69, 9.17) is 10.5 Å². The average Bonchev–Trinajstić information content (AvgIpc) is 2.15. The molecule has 0 spiro atoms. The molecule has 0 radical (unpaired) electrons. The minimum atomic E-state index is -0.954. The number of aryl methyl sites for hydroxylation is 1. The number of H-pyrrole nitrogens is 1. The van der Waals surface area contributed by atoms with Gasteiger partial charge in [0, 0.05) is 5.69 Å². The fourth-order valence-electron chi connectivity index (χ4n) is 1.30. The second-order valence-corrected chi connectivity index (χ2v) is 3.15. The predicted octanol–water partition coefficient (Wildman–Crippen LogP) is -0.0411. The summed E-state index contributed by atoms with van der Waals surface area (Å²) in [4.78, 5) is 36.4. The highest BCUT2D eigenvalue weighted by Gasteiger charge is 2.20. The summed E-state index contributed by atoms with van der Waals surface area (Å²) in [5.41, 5.74) is 4.33. The Bertz CT molecular complexity index is 490. The summed E-state index contributed by atoms with van der Waals surface area (Å²) in [7, 11) is 0. The van der Waals surface area contributed by atoms with Gasteiger partial charge in [-0.3, -0.25) is 9.59 Å². The minimum Gasteiger partial charge on any atom is -0.462 e. The maximum atomic E-state index is 11.5. The highest BCUT2D eigenvalue weighted by molar-refractivity contribution is 6.04. The Labute approximate surface area is 91.4 Å². The maximum absolute atomic E-state index is 11.5. The highest BCUT2D eigenvalue weighted by Crippen LogP contribution is 2.07. The largest absolute Gasteiger partial charge is 0.462 e. The van der Waals surface area contributed by atoms with Gasteiger partial charge in [-0.15, -0.1) is 0 Å². The summed E-state index contributed by atoms with van der Waals surface area (Å²) in [5, 5.41) is 0. The number of hydrogen-bond donors (Lipinski definition) is 2. The van der Waals surface area contributed by atoms with Crippen LogP contribution in [0, 0.1) is 6.92 Å². The third-order valence-corrected chi connectivity index (χ3v) is 1.91. The lowest BCUT2D eigenvalue weighted by atomic mass is 10.1. The van der Waals surface area contributed by atoms with Crippen LogP contribution in [0.3, 0.4) is 0 Å². The molecular formula is C10H12N2O4. The number of ether oxygens (including phenoxy) is 1. The molecule has 1 rings (SSSR count). The van der Waals surface area contributed by atoms with E-state index in [1.165, 1.54) is 6.07 Å². The van der Waals surface area contributed by atoms with Crippen molar-refractivity contribution in [2.45, 2.75) is 13.8 Å². The Hall–Kier alpha value is -2.11. The van der Waals surface area contributed by atoms with Crippen LogP contribution in [0.5, 0.6) is 0 Å². The van der Waals surface area contributed by atoms with Crippen molar-refractivity contribution in [3.05, 3.63) is 33.2 Å². The van der Waals surface area contributed by atoms with Crippen molar-refractivity contribution in [2.75, 3.05) is 6.61 Å². The molecule has 1 heterocycles. The summed E-state index contributed by atoms with van der Waals surface area (Å²) >= 11 is 0. The number of hydrogen-bond acceptors (Lipinski definition) is 4. The van der Waals surface area contributed by atoms with Gasteiger partial charge in [-0.1, -0.05) is 0 Å². The van der Waals surface area contributed by atoms with E-state index in [1.807, 2.05) is 0 Å². The molecule has 1 aromatic rings. The van der Waals surface area contributed by atoms with E-state index < -0.39 is 17.4 Å². The van der Waals surface area contributed by atoms with E-state index >= 15 is 0 Å². The van der Waals surface area contributed by atoms with E-state index in [0.717, 1.165) is 0 Å². The number of esters is 1. The number of amides is 1. The second-order valence-electron chi connectivity index (χ2n) is 3.15. The average molecular weight is 224 g/mol. The van der Waals surface area contributed by atoms with E-state index in [1.54, 1.807) is 13.8 Å². The Morgan fingerprint density at radius 2 is 2.12 bits per heavy atom. The first kappa shape index (κ1) is 12.0. The zero-order valence-corrected chi connectivity index (χ0v) is 8.99. The molecule has 1 aromatic heterocycles. The van der Waals surface area contributed by atoms with Crippen LogP contribution in [0.25, 0.3) is 0 Å². The number of aromatic amines is 1. The molecule has 3 N–H and O–H groups in total. The number of aromatic nitrogens is 1. The molecule has 0 aliphatic heterocycles. The van der Waals surface area contributed by atoms with Crippen LogP contribution in [-0.4, -0.2) is 23.5 Å². The molecule has 6 nitrogen and oxygen atoms in total. The SMILES string of the molecule is CCOC(=O)c1cc(C)[nH]c(=O)c1C(N)=O. The monoisotopic (exact) mass is 224 g/mol. The van der Waals surface area contributed by atoms with Crippen molar-refractivity contribution in [3.8, 4) is 0 Å². The van der Waals surface area contributed by atoms with Gasteiger partial charge < -0.3 is 15.5 Å². The molecule has 0 aliphatic rings. The second kappa shape index (κ2) is 4.61. The number of carbonyl (C=O) groups excluding carboxylic acids is 2. The number of pyridine rings is 1. The van der Waals surface area contributed by atoms with E-state index in [9.17, 15) is 14.4 Å². The first-order chi connectivity index (χ1) is 7.47. The molecule has 6 heteroatoms. The van der Waals surface area contributed by atoms with Crippen molar-refractivity contribution in [2.24, 2.45) is 5.73 Å². The van der Waals surface area contributed by atoms with Crippen LogP contribution in [-0.2, 0) is 4.74 Å². The van der Waals surface area contributed by atoms with Gasteiger partial charge in [-0.05, 0) is 19.9 Å². The Morgan fingerprint density at radius 1 is 1.50 bits per heavy atom. The maximum Gasteiger partial charge on any atom is 0.339 e. The van der Waals surface area contributed by atoms with Crippen molar-refractivity contribution in [3.63, 3.8) is 0 Å². The van der Waals surface area contributed by atoms with Crippen LogP contribution in [0.15, 0.2) is 10.9 Å². The summed E-state index contributed by atoms with van der Waals surface area (Å²) in [6.07, 6.45) is 0. The predicted molar refractivity (Wildman–Crippen MR) is 56.3 cm³/mol. The number of rotatable bonds is 3. The van der Waals surface area contributed by atoms with E-state index in [-0.39, 0.29) is 17.7 Å². The molecule has 0 unspecified atom stereocenters. The van der Waals surface area contributed by atoms with Crippen LogP contribution in [0.4, 0.5) is 0 Å². The molecule has 0 aliphatic carbocycles. The molecule has 0 saturated heterocycles. The molecule has 0 atom stereocenters. The van der Waals surface area contributed by atoms with Gasteiger partial charge in [0.05, 0.1) is 12.2 Å². The summed E-state index contributed by atoms with van der Waals surface area (Å²) < 4.78 is 4.73. The van der Waals surface area contributed by atoms with Gasteiger partial charge in [-0.2, -0.15) is 0 Å². The standard InChI is InChI=1S/C10H12N2O4/c1-3-16-10(15)6-4-5(2)12-9(14)7(6)8(11)13/h4H,3H2,1-2H3,(H2,11,13)(H,12,14). The lowest BCUT2D eigenvalue weighted by Crippen LogP contribution is -2.28. The summed E-state index contributed by atoms with van der Waals surface area (Å²) in [6.45, 7) is 3.37. The van der Waals surface area contributed by atoms with E-state index in [2.05, 4.69) is 4.98 Å². The van der Waals surface area contributed by atoms with Gasteiger partial charge in [0.1, 0.15) is 5.56 Å². The molecule has 16 heavy (non-hydrogen) atoms. The fraction of sp³-hybridized carbons (Fsp3) is 0.300. The molecular weight excluding hydrogens is 212 g/mol. The van der Waals surface area contributed by atoms with Crippen molar-refractivity contribution in [1.29, 1.82) is 0 Å². The molecule has 86 valence electrons. The van der Waals surface area contributed by atoms with Crippen molar-refractivity contribution < 1.29 is 14.3 Å². The molecule has 0 bridgehead atoms. The topological polar surface area (TPSA) is 102 Å². The number of primary amides is 1. The first-order valence-corrected chi connectivity index (χ1v) is 4.68. The zero-order valence-electron chi connectivity index (χ0n) is 8.99. The highest BCUT2D eigenvalue weighted by atomic mass is 16.5. The quantitative estimate of drug-likeness (QED) is 0.703. The normalized spacial score (nSPS) is 9.88. The van der Waals surface area contributed by atoms with Crippen LogP contribution in [0.2, 0.25) is 0 Å². The molecule has 0 saturated carbocycles. The zero-order chi connectivity index (χ0) is 12.3. The number of nitrogens with one attached hydrogen (secondary N) is 1. The lowest BCUT2D eigenvalue weighted by molar-refractivity contribution is 0.0522. The van der Waals surface area contributed by atoms with Crippen LogP contribution >= 0.6 is 0 Å². The smallest absolute Gasteiger partial charge is 0.339 e. The summed E-state index contributed by atoms with van der Waals surface area (Å²) in [5.74, 6) is -1.69. The van der Waals surface area contributed by atoms with E-state index in [0.29, 0.717) is 5.69 Å². The minimum absolute atomic E-state index is 0.101. The molecule has 0 fully saturated rings. The van der Waals surface area contributed by atoms with Crippen molar-refractivity contribution in [1.82, 2.24) is 4.98 Å².